The van der Waals surface area contributed by atoms with Gasteiger partial charge >= 0.3 is 11.9 Å². The van der Waals surface area contributed by atoms with Crippen molar-refractivity contribution in [2.45, 2.75) is 192 Å². The van der Waals surface area contributed by atoms with Crippen LogP contribution in [0.3, 0.4) is 0 Å². The van der Waals surface area contributed by atoms with Crippen LogP contribution in [-0.4, -0.2) is 200 Å². The molecule has 1 aromatic rings. The van der Waals surface area contributed by atoms with Gasteiger partial charge in [0.2, 0.25) is 53.2 Å². The Balaban J connectivity index is 2.68. The van der Waals surface area contributed by atoms with Gasteiger partial charge in [0.1, 0.15) is 61.0 Å². The molecule has 1 aromatic carbocycles. The standard InChI is InChI=1S/C57H97N15O16/c1-8-57(6,7)56(86)87-28-21-43(75)88-42(15-12-22-58)53(83)72-45(33(5)74)55(85)68-37(18-25-61)47(77)67-39-20-27-63-54(84)44(32(4)73)71-50(80)38(19-26-62)65-46(76)35(16-23-59)66-51(81)40(29-31(2)3)69-52(82)41(30-34-13-10-9-11-14-34)70-48(78)36(17-24-60)64-49(39)79/h9-11,13-14,31-33,35-42,44-45,73-74H,8,12,15-30,58-62H2,1-7H3,(H,63,84)(H,64,79)(H,65,76)(H,66,81)(H,67,77)(H,68,85)(H,69,82)(H,70,78)(H,71,80)(H,72,83)/t32-,33?,35-,36-,37-,38-,39-,40-,41+,42-,44-,45-/m0/s1. The van der Waals surface area contributed by atoms with E-state index in [1.807, 2.05) is 0 Å². The smallest absolute Gasteiger partial charge is 0.311 e. The maximum Gasteiger partial charge on any atom is 0.311 e. The Bertz CT molecular complexity index is 2470. The van der Waals surface area contributed by atoms with E-state index in [-0.39, 0.29) is 96.6 Å². The first-order valence-corrected chi connectivity index (χ1v) is 29.9. The van der Waals surface area contributed by atoms with Gasteiger partial charge < -0.3 is 102 Å². The van der Waals surface area contributed by atoms with Gasteiger partial charge in [-0.05, 0) is 130 Å². The number of carbonyl (C=O) groups excluding carboxylic acids is 12. The lowest BCUT2D eigenvalue weighted by Gasteiger charge is -2.29. The fourth-order valence-electron chi connectivity index (χ4n) is 8.76. The molecule has 1 aliphatic heterocycles. The second kappa shape index (κ2) is 39.5. The summed E-state index contributed by atoms with van der Waals surface area (Å²) in [5, 5.41) is 46.8. The molecule has 0 saturated carbocycles. The number of ether oxygens (including phenoxy) is 2. The first kappa shape index (κ1) is 76.7. The second-order valence-electron chi connectivity index (χ2n) is 22.6. The van der Waals surface area contributed by atoms with Gasteiger partial charge in [-0.2, -0.15) is 0 Å². The Labute approximate surface area is 513 Å². The molecular weight excluding hydrogens is 1150 g/mol. The van der Waals surface area contributed by atoms with Gasteiger partial charge in [0.25, 0.3) is 5.91 Å². The van der Waals surface area contributed by atoms with E-state index in [4.69, 9.17) is 38.1 Å². The number of hydrogen-bond donors (Lipinski definition) is 17. The minimum absolute atomic E-state index is 0.0318. The number of nitrogens with two attached hydrogens (primary N) is 5. The first-order chi connectivity index (χ1) is 41.6. The van der Waals surface area contributed by atoms with Crippen molar-refractivity contribution in [1.29, 1.82) is 0 Å². The summed E-state index contributed by atoms with van der Waals surface area (Å²) in [6.07, 6.45) is -6.20. The Morgan fingerprint density at radius 2 is 1.16 bits per heavy atom. The molecule has 0 bridgehead atoms. The molecule has 31 heteroatoms. The summed E-state index contributed by atoms with van der Waals surface area (Å²) in [7, 11) is 0. The van der Waals surface area contributed by atoms with Gasteiger partial charge in [0.05, 0.1) is 24.0 Å². The third-order valence-corrected chi connectivity index (χ3v) is 14.3. The van der Waals surface area contributed by atoms with Gasteiger partial charge in [0, 0.05) is 13.0 Å². The predicted octanol–water partition coefficient (Wildman–Crippen LogP) is -5.66. The predicted molar refractivity (Wildman–Crippen MR) is 320 cm³/mol. The molecule has 1 aliphatic rings. The molecule has 12 atom stereocenters. The summed E-state index contributed by atoms with van der Waals surface area (Å²) < 4.78 is 10.6. The van der Waals surface area contributed by atoms with E-state index >= 15 is 0 Å². The minimum Gasteiger partial charge on any atom is -0.465 e. The fraction of sp³-hybridized carbons (Fsp3) is 0.684. The topological polar surface area (TPSA) is 514 Å². The molecule has 22 N–H and O–H groups in total. The van der Waals surface area contributed by atoms with Crippen LogP contribution < -0.4 is 81.8 Å². The van der Waals surface area contributed by atoms with Crippen molar-refractivity contribution < 1.29 is 77.2 Å². The second-order valence-corrected chi connectivity index (χ2v) is 22.6. The van der Waals surface area contributed by atoms with Crippen LogP contribution in [-0.2, 0) is 73.4 Å². The lowest BCUT2D eigenvalue weighted by Crippen LogP contribution is -2.61. The third kappa shape index (κ3) is 26.5. The van der Waals surface area contributed by atoms with E-state index < -0.39 is 169 Å². The average molecular weight is 1250 g/mol. The van der Waals surface area contributed by atoms with E-state index in [0.29, 0.717) is 12.0 Å². The number of rotatable bonds is 29. The van der Waals surface area contributed by atoms with Crippen molar-refractivity contribution in [3.8, 4) is 0 Å². The largest absolute Gasteiger partial charge is 0.465 e. The lowest BCUT2D eigenvalue weighted by atomic mass is 9.91. The summed E-state index contributed by atoms with van der Waals surface area (Å²) in [5.41, 5.74) is 29.0. The number of nitrogens with one attached hydrogen (secondary N) is 10. The molecular formula is C57H97N15O16. The molecule has 31 nitrogen and oxygen atoms in total. The number of amides is 10. The number of aliphatic hydroxyl groups is 2. The van der Waals surface area contributed by atoms with Crippen LogP contribution in [0.2, 0.25) is 0 Å². The third-order valence-electron chi connectivity index (χ3n) is 14.3. The van der Waals surface area contributed by atoms with Crippen LogP contribution in [0.4, 0.5) is 0 Å². The Morgan fingerprint density at radius 3 is 1.67 bits per heavy atom. The highest BCUT2D eigenvalue weighted by Gasteiger charge is 2.38. The molecule has 496 valence electrons. The van der Waals surface area contributed by atoms with E-state index in [2.05, 4.69) is 53.2 Å². The minimum atomic E-state index is -1.81. The van der Waals surface area contributed by atoms with E-state index in [1.165, 1.54) is 6.92 Å². The quantitative estimate of drug-likeness (QED) is 0.0333. The summed E-state index contributed by atoms with van der Waals surface area (Å²) in [6, 6.07) is -5.42. The Kier molecular flexibility index (Phi) is 34.4. The monoisotopic (exact) mass is 1250 g/mol. The van der Waals surface area contributed by atoms with E-state index in [0.717, 1.165) is 6.92 Å². The van der Waals surface area contributed by atoms with Crippen LogP contribution in [0, 0.1) is 11.3 Å². The van der Waals surface area contributed by atoms with Crippen molar-refractivity contribution in [3.05, 3.63) is 35.9 Å². The molecule has 1 saturated heterocycles. The number of aliphatic hydroxyl groups excluding tert-OH is 2. The average Bonchev–Trinajstić information content (AvgIpc) is 3.67. The molecule has 88 heavy (non-hydrogen) atoms. The zero-order valence-corrected chi connectivity index (χ0v) is 51.6. The van der Waals surface area contributed by atoms with E-state index in [9.17, 15) is 67.7 Å². The molecule has 1 unspecified atom stereocenters. The molecule has 1 heterocycles. The highest BCUT2D eigenvalue weighted by molar-refractivity contribution is 5.99. The number of carbonyl (C=O) groups is 12. The van der Waals surface area contributed by atoms with E-state index in [1.54, 1.807) is 65.0 Å². The molecule has 1 fully saturated rings. The Hall–Kier alpha value is -7.42. The van der Waals surface area contributed by atoms with Crippen LogP contribution >= 0.6 is 0 Å². The van der Waals surface area contributed by atoms with Crippen LogP contribution in [0.25, 0.3) is 0 Å². The normalized spacial score (nSPS) is 22.3. The van der Waals surface area contributed by atoms with Crippen molar-refractivity contribution >= 4 is 71.0 Å². The van der Waals surface area contributed by atoms with Crippen molar-refractivity contribution in [2.24, 2.45) is 40.0 Å². The summed E-state index contributed by atoms with van der Waals surface area (Å²) in [6.45, 7) is 9.47. The zero-order valence-electron chi connectivity index (χ0n) is 51.6. The van der Waals surface area contributed by atoms with Gasteiger partial charge in [0.15, 0.2) is 6.10 Å². The van der Waals surface area contributed by atoms with Crippen molar-refractivity contribution in [1.82, 2.24) is 53.2 Å². The van der Waals surface area contributed by atoms with Crippen molar-refractivity contribution in [2.75, 3.05) is 45.9 Å². The molecule has 0 aromatic heterocycles. The molecule has 0 spiro atoms. The van der Waals surface area contributed by atoms with Crippen LogP contribution in [0.5, 0.6) is 0 Å². The maximum atomic E-state index is 14.6. The van der Waals surface area contributed by atoms with Crippen LogP contribution in [0.15, 0.2) is 30.3 Å². The fourth-order valence-corrected chi connectivity index (χ4v) is 8.76. The lowest BCUT2D eigenvalue weighted by molar-refractivity contribution is -0.161. The summed E-state index contributed by atoms with van der Waals surface area (Å²) in [5.74, 6) is -11.5. The molecule has 0 aliphatic carbocycles. The number of benzene rings is 1. The highest BCUT2D eigenvalue weighted by Crippen LogP contribution is 2.22. The van der Waals surface area contributed by atoms with Gasteiger partial charge in [-0.15, -0.1) is 0 Å². The van der Waals surface area contributed by atoms with Gasteiger partial charge in [-0.1, -0.05) is 51.1 Å². The first-order valence-electron chi connectivity index (χ1n) is 29.9. The van der Waals surface area contributed by atoms with Gasteiger partial charge in [-0.25, -0.2) is 0 Å². The SMILES string of the molecule is CCC(C)(C)C(=O)OCCC(=O)O[C@@H](CCCN)C(=O)N[C@H](C(=O)N[C@@H](CCN)C(=O)N[C@H]1CCNC(=O)[C@H]([C@H](C)O)NC(=O)[C@H](CCN)NC(=O)[C@H](CCN)NC(=O)[C@H](CC(C)C)NC(=O)[C@@H](Cc2ccccc2)NC(=O)[C@H](CCN)NC1=O)C(C)O. The van der Waals surface area contributed by atoms with Crippen LogP contribution in [0.1, 0.15) is 118 Å². The molecule has 2 rings (SSSR count). The zero-order chi connectivity index (χ0) is 66.3. The molecule has 10 amide bonds. The number of hydrogen-bond acceptors (Lipinski definition) is 21. The van der Waals surface area contributed by atoms with Crippen molar-refractivity contribution in [3.63, 3.8) is 0 Å². The maximum absolute atomic E-state index is 14.6. The summed E-state index contributed by atoms with van der Waals surface area (Å²) >= 11 is 0. The highest BCUT2D eigenvalue weighted by atomic mass is 16.6. The Morgan fingerprint density at radius 1 is 0.636 bits per heavy atom. The number of esters is 2. The molecule has 0 radical (unpaired) electrons. The summed E-state index contributed by atoms with van der Waals surface area (Å²) in [4.78, 5) is 166. The van der Waals surface area contributed by atoms with Gasteiger partial charge in [-0.3, -0.25) is 57.5 Å².